The number of ether oxygens (including phenoxy) is 1. The lowest BCUT2D eigenvalue weighted by atomic mass is 10.1. The van der Waals surface area contributed by atoms with Crippen molar-refractivity contribution in [3.8, 4) is 11.8 Å². The van der Waals surface area contributed by atoms with E-state index < -0.39 is 0 Å². The minimum atomic E-state index is 0.553. The lowest BCUT2D eigenvalue weighted by molar-refractivity contribution is 0.413. The molecule has 108 valence electrons. The first-order chi connectivity index (χ1) is 10.2. The Balaban J connectivity index is 2.22. The SMILES string of the molecule is CCN(Cc1ccc(C#N)c(OC)c1)c1ccc(N)cc1. The van der Waals surface area contributed by atoms with Gasteiger partial charge in [-0.1, -0.05) is 6.07 Å². The van der Waals surface area contributed by atoms with Gasteiger partial charge in [-0.15, -0.1) is 0 Å². The van der Waals surface area contributed by atoms with Crippen LogP contribution in [0.15, 0.2) is 42.5 Å². The molecule has 0 spiro atoms. The molecule has 0 fully saturated rings. The normalized spacial score (nSPS) is 9.95. The van der Waals surface area contributed by atoms with Crippen LogP contribution in [-0.4, -0.2) is 13.7 Å². The van der Waals surface area contributed by atoms with Crippen LogP contribution in [-0.2, 0) is 6.54 Å². The first-order valence-electron chi connectivity index (χ1n) is 6.85. The summed E-state index contributed by atoms with van der Waals surface area (Å²) in [5.41, 5.74) is 9.26. The Morgan fingerprint density at radius 1 is 1.19 bits per heavy atom. The number of benzene rings is 2. The number of hydrogen-bond acceptors (Lipinski definition) is 4. The molecule has 4 heteroatoms. The molecule has 2 rings (SSSR count). The molecular weight excluding hydrogens is 262 g/mol. The molecule has 0 radical (unpaired) electrons. The summed E-state index contributed by atoms with van der Waals surface area (Å²) in [6.45, 7) is 3.74. The maximum absolute atomic E-state index is 9.02. The van der Waals surface area contributed by atoms with Gasteiger partial charge >= 0.3 is 0 Å². The van der Waals surface area contributed by atoms with Crippen LogP contribution >= 0.6 is 0 Å². The van der Waals surface area contributed by atoms with Gasteiger partial charge < -0.3 is 15.4 Å². The number of nitrogen functional groups attached to an aromatic ring is 1. The largest absolute Gasteiger partial charge is 0.495 e. The number of anilines is 2. The monoisotopic (exact) mass is 281 g/mol. The van der Waals surface area contributed by atoms with Crippen LogP contribution in [0.25, 0.3) is 0 Å². The topological polar surface area (TPSA) is 62.3 Å². The molecule has 0 unspecified atom stereocenters. The fraction of sp³-hybridized carbons (Fsp3) is 0.235. The van der Waals surface area contributed by atoms with Gasteiger partial charge in [0.15, 0.2) is 0 Å². The molecule has 0 heterocycles. The summed E-state index contributed by atoms with van der Waals surface area (Å²) in [6.07, 6.45) is 0. The Kier molecular flexibility index (Phi) is 4.68. The van der Waals surface area contributed by atoms with E-state index in [9.17, 15) is 0 Å². The van der Waals surface area contributed by atoms with Crippen LogP contribution in [0.2, 0.25) is 0 Å². The molecule has 0 saturated heterocycles. The molecule has 2 aromatic carbocycles. The predicted octanol–water partition coefficient (Wildman–Crippen LogP) is 3.18. The summed E-state index contributed by atoms with van der Waals surface area (Å²) >= 11 is 0. The van der Waals surface area contributed by atoms with Crippen molar-refractivity contribution in [2.75, 3.05) is 24.3 Å². The first kappa shape index (κ1) is 14.7. The first-order valence-corrected chi connectivity index (χ1v) is 6.85. The highest BCUT2D eigenvalue weighted by molar-refractivity contribution is 5.54. The number of nitrogens with zero attached hydrogens (tertiary/aromatic N) is 2. The zero-order valence-corrected chi connectivity index (χ0v) is 12.3. The summed E-state index contributed by atoms with van der Waals surface area (Å²) in [4.78, 5) is 2.24. The average molecular weight is 281 g/mol. The van der Waals surface area contributed by atoms with E-state index in [1.165, 1.54) is 0 Å². The van der Waals surface area contributed by atoms with Gasteiger partial charge in [0.1, 0.15) is 11.8 Å². The van der Waals surface area contributed by atoms with E-state index in [0.29, 0.717) is 11.3 Å². The van der Waals surface area contributed by atoms with E-state index in [0.717, 1.165) is 30.0 Å². The highest BCUT2D eigenvalue weighted by atomic mass is 16.5. The number of methoxy groups -OCH3 is 1. The Bertz CT molecular complexity index is 644. The molecule has 0 atom stereocenters. The molecule has 0 amide bonds. The highest BCUT2D eigenvalue weighted by Gasteiger charge is 2.08. The smallest absolute Gasteiger partial charge is 0.136 e. The summed E-state index contributed by atoms with van der Waals surface area (Å²) in [6, 6.07) is 15.6. The lowest BCUT2D eigenvalue weighted by Crippen LogP contribution is -2.21. The number of hydrogen-bond donors (Lipinski definition) is 1. The standard InChI is InChI=1S/C17H19N3O/c1-3-20(16-8-6-15(19)7-9-16)12-13-4-5-14(11-18)17(10-13)21-2/h4-10H,3,12,19H2,1-2H3. The second-order valence-corrected chi connectivity index (χ2v) is 4.75. The second-order valence-electron chi connectivity index (χ2n) is 4.75. The van der Waals surface area contributed by atoms with Crippen LogP contribution in [0.5, 0.6) is 5.75 Å². The highest BCUT2D eigenvalue weighted by Crippen LogP contribution is 2.23. The summed E-state index contributed by atoms with van der Waals surface area (Å²) in [5, 5.41) is 9.02. The summed E-state index contributed by atoms with van der Waals surface area (Å²) < 4.78 is 5.26. The second kappa shape index (κ2) is 6.67. The van der Waals surface area contributed by atoms with Crippen molar-refractivity contribution in [1.29, 1.82) is 5.26 Å². The van der Waals surface area contributed by atoms with Crippen LogP contribution in [0.4, 0.5) is 11.4 Å². The lowest BCUT2D eigenvalue weighted by Gasteiger charge is -2.23. The Hall–Kier alpha value is -2.67. The van der Waals surface area contributed by atoms with Crippen molar-refractivity contribution >= 4 is 11.4 Å². The molecular formula is C17H19N3O. The average Bonchev–Trinajstić information content (AvgIpc) is 2.53. The van der Waals surface area contributed by atoms with E-state index in [-0.39, 0.29) is 0 Å². The van der Waals surface area contributed by atoms with E-state index in [2.05, 4.69) is 17.9 Å². The van der Waals surface area contributed by atoms with E-state index in [1.54, 1.807) is 13.2 Å². The number of rotatable bonds is 5. The third-order valence-electron chi connectivity index (χ3n) is 3.40. The maximum atomic E-state index is 9.02. The minimum absolute atomic E-state index is 0.553. The van der Waals surface area contributed by atoms with E-state index >= 15 is 0 Å². The zero-order valence-electron chi connectivity index (χ0n) is 12.3. The van der Waals surface area contributed by atoms with Crippen molar-refractivity contribution in [3.05, 3.63) is 53.6 Å². The van der Waals surface area contributed by atoms with Gasteiger partial charge in [0.05, 0.1) is 12.7 Å². The van der Waals surface area contributed by atoms with Crippen LogP contribution < -0.4 is 15.4 Å². The molecule has 2 aromatic rings. The summed E-state index contributed by atoms with van der Waals surface area (Å²) in [5.74, 6) is 0.614. The van der Waals surface area contributed by atoms with Gasteiger partial charge in [0.2, 0.25) is 0 Å². The van der Waals surface area contributed by atoms with Crippen molar-refractivity contribution in [3.63, 3.8) is 0 Å². The van der Waals surface area contributed by atoms with Crippen molar-refractivity contribution in [2.45, 2.75) is 13.5 Å². The molecule has 0 aliphatic heterocycles. The fourth-order valence-electron chi connectivity index (χ4n) is 2.22. The number of nitriles is 1. The van der Waals surface area contributed by atoms with Gasteiger partial charge in [-0.05, 0) is 48.9 Å². The third-order valence-corrected chi connectivity index (χ3v) is 3.40. The Morgan fingerprint density at radius 2 is 1.90 bits per heavy atom. The van der Waals surface area contributed by atoms with Crippen molar-refractivity contribution in [2.24, 2.45) is 0 Å². The quantitative estimate of drug-likeness (QED) is 0.855. The molecule has 21 heavy (non-hydrogen) atoms. The molecule has 4 nitrogen and oxygen atoms in total. The molecule has 0 aromatic heterocycles. The van der Waals surface area contributed by atoms with Gasteiger partial charge in [-0.2, -0.15) is 5.26 Å². The van der Waals surface area contributed by atoms with Gasteiger partial charge in [-0.25, -0.2) is 0 Å². The Morgan fingerprint density at radius 3 is 2.48 bits per heavy atom. The van der Waals surface area contributed by atoms with Crippen LogP contribution in [0, 0.1) is 11.3 Å². The van der Waals surface area contributed by atoms with Crippen molar-refractivity contribution < 1.29 is 4.74 Å². The molecule has 0 saturated carbocycles. The van der Waals surface area contributed by atoms with Crippen LogP contribution in [0.3, 0.4) is 0 Å². The van der Waals surface area contributed by atoms with E-state index in [4.69, 9.17) is 15.7 Å². The maximum Gasteiger partial charge on any atom is 0.136 e. The minimum Gasteiger partial charge on any atom is -0.495 e. The molecule has 0 aliphatic rings. The molecule has 0 aliphatic carbocycles. The zero-order chi connectivity index (χ0) is 15.2. The van der Waals surface area contributed by atoms with Gasteiger partial charge in [-0.3, -0.25) is 0 Å². The molecule has 0 bridgehead atoms. The predicted molar refractivity (Wildman–Crippen MR) is 85.3 cm³/mol. The van der Waals surface area contributed by atoms with Gasteiger partial charge in [0.25, 0.3) is 0 Å². The van der Waals surface area contributed by atoms with Crippen molar-refractivity contribution in [1.82, 2.24) is 0 Å². The molecule has 2 N–H and O–H groups in total. The Labute approximate surface area is 125 Å². The summed E-state index contributed by atoms with van der Waals surface area (Å²) in [7, 11) is 1.58. The van der Waals surface area contributed by atoms with E-state index in [1.807, 2.05) is 36.4 Å². The number of nitrogens with two attached hydrogens (primary N) is 1. The fourth-order valence-corrected chi connectivity index (χ4v) is 2.22. The van der Waals surface area contributed by atoms with Gasteiger partial charge in [0, 0.05) is 24.5 Å². The third kappa shape index (κ3) is 3.46. The van der Waals surface area contributed by atoms with Crippen LogP contribution in [0.1, 0.15) is 18.1 Å².